The summed E-state index contributed by atoms with van der Waals surface area (Å²) in [5.41, 5.74) is 2.48. The number of carbonyl (C=O) groups excluding carboxylic acids is 1. The number of benzene rings is 1. The number of aliphatic hydroxyl groups is 1. The number of hydrogen-bond donors (Lipinski definition) is 2. The van der Waals surface area contributed by atoms with Gasteiger partial charge < -0.3 is 15.2 Å². The molecule has 106 valence electrons. The molecule has 1 atom stereocenters. The Morgan fingerprint density at radius 3 is 2.47 bits per heavy atom. The molecule has 2 N–H and O–H groups in total. The van der Waals surface area contributed by atoms with Crippen molar-refractivity contribution >= 4 is 5.97 Å². The van der Waals surface area contributed by atoms with Crippen molar-refractivity contribution in [3.05, 3.63) is 35.4 Å². The number of nitrogens with one attached hydrogen (secondary N) is 1. The Balaban J connectivity index is 2.23. The SMILES string of the molecule is CCOC(=O)CC(O)CNCc1ccc(CC)cc1. The van der Waals surface area contributed by atoms with Gasteiger partial charge in [-0.15, -0.1) is 0 Å². The van der Waals surface area contributed by atoms with Crippen LogP contribution in [-0.4, -0.2) is 30.3 Å². The van der Waals surface area contributed by atoms with E-state index in [0.717, 1.165) is 6.42 Å². The Hall–Kier alpha value is -1.39. The summed E-state index contributed by atoms with van der Waals surface area (Å²) in [6.45, 7) is 5.29. The molecule has 0 bridgehead atoms. The maximum absolute atomic E-state index is 11.1. The van der Waals surface area contributed by atoms with Gasteiger partial charge in [-0.25, -0.2) is 0 Å². The van der Waals surface area contributed by atoms with E-state index in [9.17, 15) is 9.90 Å². The molecule has 0 fully saturated rings. The fraction of sp³-hybridized carbons (Fsp3) is 0.533. The van der Waals surface area contributed by atoms with Gasteiger partial charge in [-0.3, -0.25) is 4.79 Å². The van der Waals surface area contributed by atoms with Crippen molar-refractivity contribution in [2.24, 2.45) is 0 Å². The highest BCUT2D eigenvalue weighted by Crippen LogP contribution is 2.04. The minimum Gasteiger partial charge on any atom is -0.466 e. The fourth-order valence-electron chi connectivity index (χ4n) is 1.76. The predicted octanol–water partition coefficient (Wildman–Crippen LogP) is 1.65. The number of aryl methyl sites for hydroxylation is 1. The van der Waals surface area contributed by atoms with Gasteiger partial charge in [-0.2, -0.15) is 0 Å². The number of esters is 1. The van der Waals surface area contributed by atoms with Crippen LogP contribution in [0.3, 0.4) is 0 Å². The highest BCUT2D eigenvalue weighted by Gasteiger charge is 2.10. The first kappa shape index (κ1) is 15.7. The van der Waals surface area contributed by atoms with Crippen LogP contribution in [0.25, 0.3) is 0 Å². The lowest BCUT2D eigenvalue weighted by molar-refractivity contribution is -0.145. The van der Waals surface area contributed by atoms with E-state index in [-0.39, 0.29) is 12.4 Å². The summed E-state index contributed by atoms with van der Waals surface area (Å²) in [4.78, 5) is 11.1. The third-order valence-electron chi connectivity index (χ3n) is 2.85. The van der Waals surface area contributed by atoms with Crippen LogP contribution in [-0.2, 0) is 22.5 Å². The van der Waals surface area contributed by atoms with Gasteiger partial charge in [-0.1, -0.05) is 31.2 Å². The number of ether oxygens (including phenoxy) is 1. The second-order valence-electron chi connectivity index (χ2n) is 4.46. The zero-order valence-electron chi connectivity index (χ0n) is 11.7. The van der Waals surface area contributed by atoms with Crippen molar-refractivity contribution in [2.75, 3.05) is 13.2 Å². The zero-order valence-corrected chi connectivity index (χ0v) is 11.7. The van der Waals surface area contributed by atoms with E-state index in [4.69, 9.17) is 4.74 Å². The van der Waals surface area contributed by atoms with E-state index >= 15 is 0 Å². The number of hydrogen-bond acceptors (Lipinski definition) is 4. The van der Waals surface area contributed by atoms with Crippen molar-refractivity contribution in [2.45, 2.75) is 39.3 Å². The molecule has 0 amide bonds. The summed E-state index contributed by atoms with van der Waals surface area (Å²) in [6, 6.07) is 8.35. The fourth-order valence-corrected chi connectivity index (χ4v) is 1.76. The Bertz CT molecular complexity index is 375. The molecule has 1 unspecified atom stereocenters. The third-order valence-corrected chi connectivity index (χ3v) is 2.85. The van der Waals surface area contributed by atoms with Gasteiger partial charge in [0.25, 0.3) is 0 Å². The molecule has 1 aromatic carbocycles. The van der Waals surface area contributed by atoms with Gasteiger partial charge in [0.15, 0.2) is 0 Å². The molecule has 0 saturated carbocycles. The molecule has 0 aliphatic heterocycles. The van der Waals surface area contributed by atoms with Gasteiger partial charge in [0.1, 0.15) is 0 Å². The van der Waals surface area contributed by atoms with Gasteiger partial charge >= 0.3 is 5.97 Å². The molecule has 4 heteroatoms. The first-order valence-electron chi connectivity index (χ1n) is 6.77. The van der Waals surface area contributed by atoms with Crippen molar-refractivity contribution in [3.63, 3.8) is 0 Å². The van der Waals surface area contributed by atoms with Crippen LogP contribution in [0.1, 0.15) is 31.4 Å². The van der Waals surface area contributed by atoms with Crippen LogP contribution >= 0.6 is 0 Å². The number of rotatable bonds is 8. The van der Waals surface area contributed by atoms with Crippen molar-refractivity contribution in [1.82, 2.24) is 5.32 Å². The standard InChI is InChI=1S/C15H23NO3/c1-3-12-5-7-13(8-6-12)10-16-11-14(17)9-15(18)19-4-2/h5-8,14,16-17H,3-4,9-11H2,1-2H3. The summed E-state index contributed by atoms with van der Waals surface area (Å²) in [5, 5.41) is 12.8. The second kappa shape index (κ2) is 8.67. The topological polar surface area (TPSA) is 58.6 Å². The van der Waals surface area contributed by atoms with Crippen LogP contribution in [0, 0.1) is 0 Å². The minimum atomic E-state index is -0.700. The molecule has 1 rings (SSSR count). The molecular formula is C15H23NO3. The monoisotopic (exact) mass is 265 g/mol. The largest absolute Gasteiger partial charge is 0.466 e. The van der Waals surface area contributed by atoms with Gasteiger partial charge in [0.05, 0.1) is 19.1 Å². The van der Waals surface area contributed by atoms with E-state index in [2.05, 4.69) is 36.5 Å². The lowest BCUT2D eigenvalue weighted by atomic mass is 10.1. The lowest BCUT2D eigenvalue weighted by Gasteiger charge is -2.11. The number of aliphatic hydroxyl groups excluding tert-OH is 1. The smallest absolute Gasteiger partial charge is 0.308 e. The molecular weight excluding hydrogens is 242 g/mol. The van der Waals surface area contributed by atoms with Crippen LogP contribution < -0.4 is 5.32 Å². The maximum atomic E-state index is 11.1. The molecule has 0 aromatic heterocycles. The van der Waals surface area contributed by atoms with E-state index in [1.807, 2.05) is 0 Å². The van der Waals surface area contributed by atoms with E-state index in [1.54, 1.807) is 6.92 Å². The van der Waals surface area contributed by atoms with Crippen molar-refractivity contribution in [1.29, 1.82) is 0 Å². The summed E-state index contributed by atoms with van der Waals surface area (Å²) in [7, 11) is 0. The summed E-state index contributed by atoms with van der Waals surface area (Å²) >= 11 is 0. The van der Waals surface area contributed by atoms with Crippen molar-refractivity contribution in [3.8, 4) is 0 Å². The van der Waals surface area contributed by atoms with E-state index < -0.39 is 6.10 Å². The highest BCUT2D eigenvalue weighted by molar-refractivity contribution is 5.69. The molecule has 1 aromatic rings. The second-order valence-corrected chi connectivity index (χ2v) is 4.46. The normalized spacial score (nSPS) is 12.2. The molecule has 0 aliphatic carbocycles. The van der Waals surface area contributed by atoms with Crippen LogP contribution in [0.4, 0.5) is 0 Å². The predicted molar refractivity (Wildman–Crippen MR) is 74.8 cm³/mol. The Morgan fingerprint density at radius 1 is 1.26 bits per heavy atom. The quantitative estimate of drug-likeness (QED) is 0.702. The summed E-state index contributed by atoms with van der Waals surface area (Å²) < 4.78 is 4.78. The lowest BCUT2D eigenvalue weighted by Crippen LogP contribution is -2.29. The van der Waals surface area contributed by atoms with Crippen molar-refractivity contribution < 1.29 is 14.6 Å². The molecule has 0 aliphatic rings. The Kier molecular flexibility index (Phi) is 7.15. The van der Waals surface area contributed by atoms with E-state index in [1.165, 1.54) is 11.1 Å². The highest BCUT2D eigenvalue weighted by atomic mass is 16.5. The first-order chi connectivity index (χ1) is 9.15. The van der Waals surface area contributed by atoms with Gasteiger partial charge in [0.2, 0.25) is 0 Å². The number of carbonyl (C=O) groups is 1. The van der Waals surface area contributed by atoms with Crippen LogP contribution in [0.5, 0.6) is 0 Å². The van der Waals surface area contributed by atoms with Gasteiger partial charge in [-0.05, 0) is 24.5 Å². The molecule has 19 heavy (non-hydrogen) atoms. The zero-order chi connectivity index (χ0) is 14.1. The first-order valence-corrected chi connectivity index (χ1v) is 6.77. The summed E-state index contributed by atoms with van der Waals surface area (Å²) in [6.07, 6.45) is 0.371. The average Bonchev–Trinajstić information content (AvgIpc) is 2.39. The molecule has 0 heterocycles. The van der Waals surface area contributed by atoms with Crippen LogP contribution in [0.2, 0.25) is 0 Å². The van der Waals surface area contributed by atoms with E-state index in [0.29, 0.717) is 19.7 Å². The summed E-state index contributed by atoms with van der Waals surface area (Å²) in [5.74, 6) is -0.357. The van der Waals surface area contributed by atoms with Gasteiger partial charge in [0, 0.05) is 13.1 Å². The third kappa shape index (κ3) is 6.36. The average molecular weight is 265 g/mol. The molecule has 0 spiro atoms. The molecule has 0 radical (unpaired) electrons. The van der Waals surface area contributed by atoms with Crippen LogP contribution in [0.15, 0.2) is 24.3 Å². The molecule has 0 saturated heterocycles. The minimum absolute atomic E-state index is 0.0373. The Morgan fingerprint density at radius 2 is 1.89 bits per heavy atom. The maximum Gasteiger partial charge on any atom is 0.308 e. The molecule has 4 nitrogen and oxygen atoms in total. The Labute approximate surface area is 114 Å².